The molecule has 6 nitrogen and oxygen atoms in total. The molecule has 1 amide bonds. The smallest absolute Gasteiger partial charge is 0.224 e. The van der Waals surface area contributed by atoms with Crippen molar-refractivity contribution in [2.45, 2.75) is 31.7 Å². The lowest BCUT2D eigenvalue weighted by molar-refractivity contribution is -0.121. The lowest BCUT2D eigenvalue weighted by Crippen LogP contribution is -2.32. The van der Waals surface area contributed by atoms with Crippen LogP contribution in [0.25, 0.3) is 0 Å². The summed E-state index contributed by atoms with van der Waals surface area (Å²) in [5, 5.41) is 7.46. The number of benzene rings is 1. The summed E-state index contributed by atoms with van der Waals surface area (Å²) in [6, 6.07) is 5.60. The molecule has 3 rings (SSSR count). The molecule has 1 aliphatic rings. The van der Waals surface area contributed by atoms with E-state index >= 15 is 0 Å². The molecule has 1 unspecified atom stereocenters. The second-order valence-electron chi connectivity index (χ2n) is 6.05. The first-order valence-corrected chi connectivity index (χ1v) is 8.13. The predicted octanol–water partition coefficient (Wildman–Crippen LogP) is 2.17. The van der Waals surface area contributed by atoms with Crippen molar-refractivity contribution in [1.82, 2.24) is 15.1 Å². The Bertz CT molecular complexity index is 739. The molecule has 0 spiro atoms. The van der Waals surface area contributed by atoms with Crippen LogP contribution in [0.5, 0.6) is 11.5 Å². The third kappa shape index (κ3) is 3.22. The number of carbonyl (C=O) groups excluding carboxylic acids is 1. The van der Waals surface area contributed by atoms with Crippen LogP contribution in [0.4, 0.5) is 0 Å². The fraction of sp³-hybridized carbons (Fsp3) is 0.444. The number of hydrogen-bond acceptors (Lipinski definition) is 4. The summed E-state index contributed by atoms with van der Waals surface area (Å²) >= 11 is 0. The highest BCUT2D eigenvalue weighted by molar-refractivity contribution is 5.79. The number of amides is 1. The summed E-state index contributed by atoms with van der Waals surface area (Å²) in [5.74, 6) is 1.30. The van der Waals surface area contributed by atoms with Gasteiger partial charge in [-0.3, -0.25) is 9.48 Å². The average Bonchev–Trinajstić information content (AvgIpc) is 2.97. The van der Waals surface area contributed by atoms with Crippen molar-refractivity contribution in [3.05, 3.63) is 41.2 Å². The highest BCUT2D eigenvalue weighted by atomic mass is 16.5. The van der Waals surface area contributed by atoms with Crippen LogP contribution in [0.3, 0.4) is 0 Å². The number of aromatic nitrogens is 2. The number of aryl methyl sites for hydroxylation is 1. The molecule has 0 bridgehead atoms. The zero-order valence-electron chi connectivity index (χ0n) is 14.3. The van der Waals surface area contributed by atoms with E-state index < -0.39 is 0 Å². The molecule has 6 heteroatoms. The van der Waals surface area contributed by atoms with E-state index in [1.54, 1.807) is 14.2 Å². The molecule has 1 aliphatic carbocycles. The van der Waals surface area contributed by atoms with Gasteiger partial charge in [-0.2, -0.15) is 5.10 Å². The summed E-state index contributed by atoms with van der Waals surface area (Å²) in [5.41, 5.74) is 3.26. The fourth-order valence-electron chi connectivity index (χ4n) is 3.28. The third-order valence-corrected chi connectivity index (χ3v) is 4.52. The first-order valence-electron chi connectivity index (χ1n) is 8.13. The van der Waals surface area contributed by atoms with E-state index in [4.69, 9.17) is 9.47 Å². The van der Waals surface area contributed by atoms with Gasteiger partial charge in [0.1, 0.15) is 0 Å². The minimum absolute atomic E-state index is 0.00363. The van der Waals surface area contributed by atoms with Crippen molar-refractivity contribution in [1.29, 1.82) is 0 Å². The summed E-state index contributed by atoms with van der Waals surface area (Å²) < 4.78 is 12.4. The molecule has 1 aromatic heterocycles. The lowest BCUT2D eigenvalue weighted by atomic mass is 9.93. The number of fused-ring (bicyclic) bond motifs is 1. The van der Waals surface area contributed by atoms with E-state index in [2.05, 4.69) is 10.4 Å². The number of hydrogen-bond donors (Lipinski definition) is 1. The number of ether oxygens (including phenoxy) is 2. The Morgan fingerprint density at radius 1 is 1.33 bits per heavy atom. The summed E-state index contributed by atoms with van der Waals surface area (Å²) in [6.07, 6.45) is 5.22. The quantitative estimate of drug-likeness (QED) is 0.913. The molecule has 1 atom stereocenters. The van der Waals surface area contributed by atoms with Crippen LogP contribution < -0.4 is 14.8 Å². The second-order valence-corrected chi connectivity index (χ2v) is 6.05. The van der Waals surface area contributed by atoms with Crippen molar-refractivity contribution in [2.75, 3.05) is 14.2 Å². The van der Waals surface area contributed by atoms with Gasteiger partial charge in [0.2, 0.25) is 5.91 Å². The van der Waals surface area contributed by atoms with Gasteiger partial charge in [-0.1, -0.05) is 6.07 Å². The zero-order valence-corrected chi connectivity index (χ0v) is 14.3. The van der Waals surface area contributed by atoms with Gasteiger partial charge in [0, 0.05) is 18.3 Å². The van der Waals surface area contributed by atoms with Gasteiger partial charge in [0.05, 0.1) is 32.9 Å². The van der Waals surface area contributed by atoms with E-state index in [1.165, 1.54) is 5.69 Å². The lowest BCUT2D eigenvalue weighted by Gasteiger charge is -2.24. The largest absolute Gasteiger partial charge is 0.493 e. The van der Waals surface area contributed by atoms with Crippen molar-refractivity contribution in [3.63, 3.8) is 0 Å². The first-order chi connectivity index (χ1) is 11.6. The van der Waals surface area contributed by atoms with Crippen LogP contribution in [0, 0.1) is 0 Å². The van der Waals surface area contributed by atoms with Crippen LogP contribution >= 0.6 is 0 Å². The maximum absolute atomic E-state index is 12.4. The van der Waals surface area contributed by atoms with Gasteiger partial charge in [-0.15, -0.1) is 0 Å². The Labute approximate surface area is 141 Å². The number of nitrogens with one attached hydrogen (secondary N) is 1. The maximum atomic E-state index is 12.4. The van der Waals surface area contributed by atoms with Gasteiger partial charge >= 0.3 is 0 Å². The first kappa shape index (κ1) is 16.4. The Kier molecular flexibility index (Phi) is 4.74. The molecular weight excluding hydrogens is 306 g/mol. The van der Waals surface area contributed by atoms with Crippen LogP contribution in [-0.2, 0) is 24.7 Å². The third-order valence-electron chi connectivity index (χ3n) is 4.52. The Hall–Kier alpha value is -2.50. The molecular formula is C18H23N3O3. The number of nitrogens with zero attached hydrogens (tertiary/aromatic N) is 2. The summed E-state index contributed by atoms with van der Waals surface area (Å²) in [7, 11) is 5.14. The standard InChI is InChI=1S/C18H23N3O3/c1-21-15-6-4-5-14(13(15)11-19-21)20-18(22)10-12-7-8-16(23-2)17(9-12)24-3/h7-9,11,14H,4-6,10H2,1-3H3,(H,20,22). The Balaban J connectivity index is 1.68. The molecule has 0 fully saturated rings. The average molecular weight is 329 g/mol. The van der Waals surface area contributed by atoms with Crippen LogP contribution in [0.2, 0.25) is 0 Å². The van der Waals surface area contributed by atoms with Gasteiger partial charge in [0.25, 0.3) is 0 Å². The van der Waals surface area contributed by atoms with E-state index in [9.17, 15) is 4.79 Å². The molecule has 1 N–H and O–H groups in total. The van der Waals surface area contributed by atoms with Crippen LogP contribution in [0.15, 0.2) is 24.4 Å². The van der Waals surface area contributed by atoms with Crippen LogP contribution in [-0.4, -0.2) is 29.9 Å². The zero-order chi connectivity index (χ0) is 17.1. The summed E-state index contributed by atoms with van der Waals surface area (Å²) in [4.78, 5) is 12.4. The molecule has 1 aromatic carbocycles. The van der Waals surface area contributed by atoms with Gasteiger partial charge in [-0.25, -0.2) is 0 Å². The number of methoxy groups -OCH3 is 2. The molecule has 1 heterocycles. The molecule has 128 valence electrons. The highest BCUT2D eigenvalue weighted by Gasteiger charge is 2.24. The molecule has 0 aliphatic heterocycles. The molecule has 2 aromatic rings. The number of rotatable bonds is 5. The fourth-order valence-corrected chi connectivity index (χ4v) is 3.28. The van der Waals surface area contributed by atoms with Crippen molar-refractivity contribution >= 4 is 5.91 Å². The second kappa shape index (κ2) is 6.95. The highest BCUT2D eigenvalue weighted by Crippen LogP contribution is 2.30. The van der Waals surface area contributed by atoms with E-state index in [-0.39, 0.29) is 11.9 Å². The van der Waals surface area contributed by atoms with Crippen molar-refractivity contribution in [2.24, 2.45) is 7.05 Å². The van der Waals surface area contributed by atoms with Gasteiger partial charge in [-0.05, 0) is 37.0 Å². The molecule has 0 radical (unpaired) electrons. The molecule has 0 saturated heterocycles. The molecule has 0 saturated carbocycles. The van der Waals surface area contributed by atoms with Crippen molar-refractivity contribution in [3.8, 4) is 11.5 Å². The Morgan fingerprint density at radius 2 is 2.12 bits per heavy atom. The van der Waals surface area contributed by atoms with Gasteiger partial charge in [0.15, 0.2) is 11.5 Å². The minimum Gasteiger partial charge on any atom is -0.493 e. The van der Waals surface area contributed by atoms with E-state index in [0.29, 0.717) is 17.9 Å². The predicted molar refractivity (Wildman–Crippen MR) is 90.3 cm³/mol. The normalized spacial score (nSPS) is 16.4. The topological polar surface area (TPSA) is 65.4 Å². The minimum atomic E-state index is 0.00363. The van der Waals surface area contributed by atoms with E-state index in [1.807, 2.05) is 36.1 Å². The SMILES string of the molecule is COc1ccc(CC(=O)NC2CCCc3c2cnn3C)cc1OC. The van der Waals surface area contributed by atoms with Crippen molar-refractivity contribution < 1.29 is 14.3 Å². The Morgan fingerprint density at radius 3 is 2.88 bits per heavy atom. The van der Waals surface area contributed by atoms with Crippen LogP contribution in [0.1, 0.15) is 35.7 Å². The van der Waals surface area contributed by atoms with Gasteiger partial charge < -0.3 is 14.8 Å². The van der Waals surface area contributed by atoms with E-state index in [0.717, 1.165) is 30.4 Å². The monoisotopic (exact) mass is 329 g/mol. The summed E-state index contributed by atoms with van der Waals surface area (Å²) in [6.45, 7) is 0. The molecule has 24 heavy (non-hydrogen) atoms. The number of carbonyl (C=O) groups is 1. The maximum Gasteiger partial charge on any atom is 0.224 e.